The summed E-state index contributed by atoms with van der Waals surface area (Å²) in [6, 6.07) is 14.5. The zero-order chi connectivity index (χ0) is 26.6. The average molecular weight is 518 g/mol. The first-order valence-electron chi connectivity index (χ1n) is 11.6. The lowest BCUT2D eigenvalue weighted by Crippen LogP contribution is -2.42. The summed E-state index contributed by atoms with van der Waals surface area (Å²) >= 11 is 0. The van der Waals surface area contributed by atoms with Crippen molar-refractivity contribution in [2.75, 3.05) is 14.2 Å². The highest BCUT2D eigenvalue weighted by atomic mass is 32.2. The summed E-state index contributed by atoms with van der Waals surface area (Å²) in [7, 11) is -0.692. The first kappa shape index (κ1) is 28.9. The van der Waals surface area contributed by atoms with E-state index in [2.05, 4.69) is 17.4 Å². The van der Waals surface area contributed by atoms with Gasteiger partial charge in [0.1, 0.15) is 11.5 Å². The first-order chi connectivity index (χ1) is 17.2. The number of ether oxygens (including phenoxy) is 2. The van der Waals surface area contributed by atoms with Gasteiger partial charge in [-0.1, -0.05) is 30.3 Å². The van der Waals surface area contributed by atoms with Gasteiger partial charge in [-0.3, -0.25) is 20.4 Å². The van der Waals surface area contributed by atoms with Gasteiger partial charge in [-0.2, -0.15) is 4.31 Å². The number of carbonyl (C=O) groups is 2. The number of nitrogens with one attached hydrogen (secondary N) is 2. The van der Waals surface area contributed by atoms with Gasteiger partial charge in [-0.25, -0.2) is 8.42 Å². The fourth-order valence-electron chi connectivity index (χ4n) is 3.57. The highest BCUT2D eigenvalue weighted by Gasteiger charge is 2.32. The molecule has 0 unspecified atom stereocenters. The average Bonchev–Trinajstić information content (AvgIpc) is 2.87. The summed E-state index contributed by atoms with van der Waals surface area (Å²) in [5.41, 5.74) is 6.12. The van der Waals surface area contributed by atoms with Crippen molar-refractivity contribution in [2.24, 2.45) is 0 Å². The molecule has 2 amide bonds. The first-order valence-corrected chi connectivity index (χ1v) is 13.1. The fraction of sp³-hybridized carbons (Fsp3) is 0.385. The van der Waals surface area contributed by atoms with Crippen LogP contribution in [0.25, 0.3) is 0 Å². The van der Waals surface area contributed by atoms with Crippen molar-refractivity contribution in [3.05, 3.63) is 72.3 Å². The monoisotopic (exact) mass is 517 g/mol. The van der Waals surface area contributed by atoms with Crippen molar-refractivity contribution in [3.8, 4) is 11.5 Å². The molecule has 0 aliphatic rings. The molecule has 9 nitrogen and oxygen atoms in total. The number of hydrogen-bond acceptors (Lipinski definition) is 6. The summed E-state index contributed by atoms with van der Waals surface area (Å²) in [6.45, 7) is 5.29. The Hall–Kier alpha value is -3.37. The lowest BCUT2D eigenvalue weighted by Gasteiger charge is -2.28. The van der Waals surface area contributed by atoms with E-state index in [0.29, 0.717) is 24.3 Å². The van der Waals surface area contributed by atoms with Crippen LogP contribution in [0.3, 0.4) is 0 Å². The van der Waals surface area contributed by atoms with Crippen LogP contribution in [0.2, 0.25) is 0 Å². The van der Waals surface area contributed by atoms with E-state index in [4.69, 9.17) is 9.47 Å². The quantitative estimate of drug-likeness (QED) is 0.294. The van der Waals surface area contributed by atoms with E-state index >= 15 is 0 Å². The third-order valence-corrected chi connectivity index (χ3v) is 7.87. The van der Waals surface area contributed by atoms with Crippen LogP contribution in [0.1, 0.15) is 43.7 Å². The van der Waals surface area contributed by atoms with Gasteiger partial charge in [0.25, 0.3) is 0 Å². The van der Waals surface area contributed by atoms with Gasteiger partial charge in [0, 0.05) is 26.4 Å². The molecule has 0 spiro atoms. The number of hydrazine groups is 1. The van der Waals surface area contributed by atoms with Crippen LogP contribution in [-0.2, 0) is 32.7 Å². The number of rotatable bonds is 14. The number of methoxy groups -OCH3 is 2. The van der Waals surface area contributed by atoms with Crippen LogP contribution in [-0.4, -0.2) is 44.0 Å². The Morgan fingerprint density at radius 1 is 0.917 bits per heavy atom. The maximum absolute atomic E-state index is 13.9. The van der Waals surface area contributed by atoms with Crippen LogP contribution >= 0.6 is 0 Å². The molecule has 196 valence electrons. The second-order valence-electron chi connectivity index (χ2n) is 8.27. The Labute approximate surface area is 213 Å². The SMILES string of the molecule is C=CCC[C@@H](CCC(=O)NNC(C)=O)S(=O)(=O)N(Cc1ccc(OC)cc1)Cc1ccc(OC)cc1. The summed E-state index contributed by atoms with van der Waals surface area (Å²) < 4.78 is 39.7. The van der Waals surface area contributed by atoms with Crippen molar-refractivity contribution >= 4 is 21.8 Å². The van der Waals surface area contributed by atoms with E-state index in [-0.39, 0.29) is 25.9 Å². The lowest BCUT2D eigenvalue weighted by molar-refractivity contribution is -0.127. The molecule has 2 rings (SSSR count). The highest BCUT2D eigenvalue weighted by Crippen LogP contribution is 2.25. The van der Waals surface area contributed by atoms with Gasteiger partial charge < -0.3 is 9.47 Å². The molecule has 0 saturated carbocycles. The molecule has 2 aromatic carbocycles. The van der Waals surface area contributed by atoms with Gasteiger partial charge >= 0.3 is 0 Å². The van der Waals surface area contributed by atoms with E-state index in [1.807, 2.05) is 24.3 Å². The Balaban J connectivity index is 2.31. The third-order valence-electron chi connectivity index (χ3n) is 5.58. The second kappa shape index (κ2) is 14.3. The topological polar surface area (TPSA) is 114 Å². The Bertz CT molecular complexity index is 1050. The van der Waals surface area contributed by atoms with Gasteiger partial charge in [-0.15, -0.1) is 6.58 Å². The minimum atomic E-state index is -3.83. The Kier molecular flexibility index (Phi) is 11.4. The molecule has 0 aliphatic carbocycles. The summed E-state index contributed by atoms with van der Waals surface area (Å²) in [5.74, 6) is 0.486. The summed E-state index contributed by atoms with van der Waals surface area (Å²) in [6.07, 6.45) is 2.51. The Morgan fingerprint density at radius 2 is 1.42 bits per heavy atom. The molecule has 0 radical (unpaired) electrons. The van der Waals surface area contributed by atoms with E-state index in [0.717, 1.165) is 11.1 Å². The Morgan fingerprint density at radius 3 is 1.83 bits per heavy atom. The molecule has 0 saturated heterocycles. The number of benzene rings is 2. The zero-order valence-corrected chi connectivity index (χ0v) is 21.8. The van der Waals surface area contributed by atoms with Crippen LogP contribution < -0.4 is 20.3 Å². The number of nitrogens with zero attached hydrogens (tertiary/aromatic N) is 1. The smallest absolute Gasteiger partial charge is 0.238 e. The van der Waals surface area contributed by atoms with Crippen molar-refractivity contribution in [1.29, 1.82) is 0 Å². The molecule has 0 fully saturated rings. The number of allylic oxidation sites excluding steroid dienone is 1. The number of carbonyl (C=O) groups excluding carboxylic acids is 2. The van der Waals surface area contributed by atoms with Crippen molar-refractivity contribution in [3.63, 3.8) is 0 Å². The molecule has 0 aromatic heterocycles. The standard InChI is InChI=1S/C26H35N3O6S/c1-5-6-7-25(16-17-26(31)28-27-20(2)30)36(32,33)29(18-21-8-12-23(34-3)13-9-21)19-22-10-14-24(35-4)15-11-22/h5,8-15,25H,1,6-7,16-19H2,2-4H3,(H,27,30)(H,28,31)/t25-/m0/s1. The molecule has 0 heterocycles. The number of sulfonamides is 1. The summed E-state index contributed by atoms with van der Waals surface area (Å²) in [5, 5.41) is -0.810. The van der Waals surface area contributed by atoms with Gasteiger partial charge in [-0.05, 0) is 54.7 Å². The number of amides is 2. The fourth-order valence-corrected chi connectivity index (χ4v) is 5.50. The lowest BCUT2D eigenvalue weighted by atomic mass is 10.1. The second-order valence-corrected chi connectivity index (χ2v) is 10.5. The molecular weight excluding hydrogens is 482 g/mol. The van der Waals surface area contributed by atoms with Crippen LogP contribution in [0.15, 0.2) is 61.2 Å². The van der Waals surface area contributed by atoms with Crippen LogP contribution in [0.4, 0.5) is 0 Å². The zero-order valence-electron chi connectivity index (χ0n) is 21.0. The highest BCUT2D eigenvalue weighted by molar-refractivity contribution is 7.89. The predicted molar refractivity (Wildman–Crippen MR) is 139 cm³/mol. The minimum absolute atomic E-state index is 0.0553. The normalized spacial score (nSPS) is 12.0. The summed E-state index contributed by atoms with van der Waals surface area (Å²) in [4.78, 5) is 23.2. The van der Waals surface area contributed by atoms with Crippen LogP contribution in [0, 0.1) is 0 Å². The van der Waals surface area contributed by atoms with E-state index in [1.54, 1.807) is 44.6 Å². The van der Waals surface area contributed by atoms with Crippen LogP contribution in [0.5, 0.6) is 11.5 Å². The van der Waals surface area contributed by atoms with Crippen molar-refractivity contribution in [2.45, 2.75) is 50.9 Å². The van der Waals surface area contributed by atoms with Gasteiger partial charge in [0.15, 0.2) is 0 Å². The minimum Gasteiger partial charge on any atom is -0.497 e. The van der Waals surface area contributed by atoms with Crippen molar-refractivity contribution < 1.29 is 27.5 Å². The predicted octanol–water partition coefficient (Wildman–Crippen LogP) is 3.32. The van der Waals surface area contributed by atoms with E-state index in [1.165, 1.54) is 11.2 Å². The van der Waals surface area contributed by atoms with Gasteiger partial charge in [0.05, 0.1) is 19.5 Å². The molecular formula is C26H35N3O6S. The molecule has 1 atom stereocenters. The molecule has 0 aliphatic heterocycles. The molecule has 2 N–H and O–H groups in total. The molecule has 10 heteroatoms. The molecule has 0 bridgehead atoms. The van der Waals surface area contributed by atoms with Gasteiger partial charge in [0.2, 0.25) is 21.8 Å². The van der Waals surface area contributed by atoms with Crippen molar-refractivity contribution in [1.82, 2.24) is 15.2 Å². The maximum atomic E-state index is 13.9. The van der Waals surface area contributed by atoms with E-state index < -0.39 is 27.1 Å². The maximum Gasteiger partial charge on any atom is 0.238 e. The number of hydrogen-bond donors (Lipinski definition) is 2. The molecule has 36 heavy (non-hydrogen) atoms. The van der Waals surface area contributed by atoms with E-state index in [9.17, 15) is 18.0 Å². The largest absolute Gasteiger partial charge is 0.497 e. The molecule has 2 aromatic rings. The third kappa shape index (κ3) is 9.01.